The Hall–Kier alpha value is -2.12. The number of aromatic amines is 1. The van der Waals surface area contributed by atoms with Gasteiger partial charge in [-0.3, -0.25) is 9.89 Å². The van der Waals surface area contributed by atoms with Crippen LogP contribution in [0, 0.1) is 0 Å². The van der Waals surface area contributed by atoms with Crippen LogP contribution < -0.4 is 5.32 Å². The van der Waals surface area contributed by atoms with Crippen LogP contribution in [0.3, 0.4) is 0 Å². The fourth-order valence-electron chi connectivity index (χ4n) is 2.95. The Bertz CT molecular complexity index is 560. The van der Waals surface area contributed by atoms with Gasteiger partial charge < -0.3 is 15.0 Å². The first-order valence-electron chi connectivity index (χ1n) is 9.46. The molecule has 2 amide bonds. The van der Waals surface area contributed by atoms with Gasteiger partial charge in [0.25, 0.3) is 0 Å². The molecule has 2 rings (SSSR count). The van der Waals surface area contributed by atoms with E-state index in [-0.39, 0.29) is 18.0 Å². The summed E-state index contributed by atoms with van der Waals surface area (Å²) in [6.07, 6.45) is 7.40. The van der Waals surface area contributed by atoms with E-state index in [0.717, 1.165) is 44.2 Å². The van der Waals surface area contributed by atoms with Crippen LogP contribution in [0.15, 0.2) is 6.20 Å². The molecule has 2 heterocycles. The van der Waals surface area contributed by atoms with Gasteiger partial charge in [-0.25, -0.2) is 4.79 Å². The summed E-state index contributed by atoms with van der Waals surface area (Å²) in [4.78, 5) is 25.8. The predicted octanol–water partition coefficient (Wildman–Crippen LogP) is 2.42. The minimum Gasteiger partial charge on any atom is -0.444 e. The van der Waals surface area contributed by atoms with E-state index in [4.69, 9.17) is 4.74 Å². The zero-order valence-electron chi connectivity index (χ0n) is 16.1. The summed E-state index contributed by atoms with van der Waals surface area (Å²) in [6.45, 7) is 6.84. The molecule has 0 radical (unpaired) electrons. The van der Waals surface area contributed by atoms with Crippen LogP contribution in [0.1, 0.15) is 65.0 Å². The monoisotopic (exact) mass is 365 g/mol. The summed E-state index contributed by atoms with van der Waals surface area (Å²) in [6, 6.07) is 0.149. The van der Waals surface area contributed by atoms with Gasteiger partial charge in [0.15, 0.2) is 0 Å². The van der Waals surface area contributed by atoms with Crippen molar-refractivity contribution < 1.29 is 14.3 Å². The van der Waals surface area contributed by atoms with E-state index in [1.165, 1.54) is 0 Å². The number of likely N-dealkylation sites (tertiary alicyclic amines) is 1. The number of nitrogens with one attached hydrogen (secondary N) is 2. The molecule has 8 heteroatoms. The SMILES string of the molecule is CC(C)(C)OC(=O)N1CCC(NC(=O)CCCCCc2c[nH]nn2)CC1. The van der Waals surface area contributed by atoms with E-state index in [1.54, 1.807) is 11.1 Å². The molecular formula is C18H31N5O3. The van der Waals surface area contributed by atoms with Crippen LogP contribution in [0.2, 0.25) is 0 Å². The lowest BCUT2D eigenvalue weighted by molar-refractivity contribution is -0.122. The fraction of sp³-hybridized carbons (Fsp3) is 0.778. The number of aromatic nitrogens is 3. The Morgan fingerprint density at radius 3 is 2.62 bits per heavy atom. The maximum atomic E-state index is 12.1. The predicted molar refractivity (Wildman–Crippen MR) is 97.5 cm³/mol. The fourth-order valence-corrected chi connectivity index (χ4v) is 2.95. The lowest BCUT2D eigenvalue weighted by atomic mass is 10.0. The second-order valence-corrected chi connectivity index (χ2v) is 7.83. The number of unbranched alkanes of at least 4 members (excludes halogenated alkanes) is 2. The third-order valence-corrected chi connectivity index (χ3v) is 4.32. The lowest BCUT2D eigenvalue weighted by Crippen LogP contribution is -2.47. The molecular weight excluding hydrogens is 334 g/mol. The second kappa shape index (κ2) is 9.54. The Kier molecular flexibility index (Phi) is 7.41. The first-order valence-corrected chi connectivity index (χ1v) is 9.46. The van der Waals surface area contributed by atoms with Crippen molar-refractivity contribution in [3.63, 3.8) is 0 Å². The van der Waals surface area contributed by atoms with Crippen molar-refractivity contribution in [1.82, 2.24) is 25.6 Å². The zero-order chi connectivity index (χ0) is 19.0. The van der Waals surface area contributed by atoms with Gasteiger partial charge in [0.1, 0.15) is 5.60 Å². The maximum absolute atomic E-state index is 12.1. The molecule has 0 unspecified atom stereocenters. The Morgan fingerprint density at radius 1 is 1.27 bits per heavy atom. The topological polar surface area (TPSA) is 100 Å². The molecule has 0 saturated carbocycles. The minimum atomic E-state index is -0.476. The molecule has 1 aliphatic rings. The summed E-state index contributed by atoms with van der Waals surface area (Å²) in [7, 11) is 0. The minimum absolute atomic E-state index is 0.0992. The number of rotatable bonds is 7. The molecule has 8 nitrogen and oxygen atoms in total. The average molecular weight is 365 g/mol. The van der Waals surface area contributed by atoms with Gasteiger partial charge in [-0.05, 0) is 52.9 Å². The largest absolute Gasteiger partial charge is 0.444 e. The number of carbonyl (C=O) groups is 2. The molecule has 0 bridgehead atoms. The van der Waals surface area contributed by atoms with Crippen molar-refractivity contribution in [3.05, 3.63) is 11.9 Å². The van der Waals surface area contributed by atoms with Crippen molar-refractivity contribution in [2.45, 2.75) is 77.4 Å². The number of piperidine rings is 1. The molecule has 1 aliphatic heterocycles. The number of H-pyrrole nitrogens is 1. The summed E-state index contributed by atoms with van der Waals surface area (Å²) in [5, 5.41) is 13.4. The van der Waals surface area contributed by atoms with Gasteiger partial charge in [-0.1, -0.05) is 11.6 Å². The van der Waals surface area contributed by atoms with Crippen molar-refractivity contribution in [1.29, 1.82) is 0 Å². The van der Waals surface area contributed by atoms with E-state index in [2.05, 4.69) is 20.7 Å². The van der Waals surface area contributed by atoms with Gasteiger partial charge >= 0.3 is 6.09 Å². The van der Waals surface area contributed by atoms with Crippen molar-refractivity contribution >= 4 is 12.0 Å². The molecule has 1 aromatic heterocycles. The summed E-state index contributed by atoms with van der Waals surface area (Å²) in [5.41, 5.74) is 0.488. The van der Waals surface area contributed by atoms with Crippen molar-refractivity contribution in [3.8, 4) is 0 Å². The van der Waals surface area contributed by atoms with E-state index in [1.807, 2.05) is 20.8 Å². The molecule has 2 N–H and O–H groups in total. The highest BCUT2D eigenvalue weighted by Gasteiger charge is 2.27. The zero-order valence-corrected chi connectivity index (χ0v) is 16.1. The van der Waals surface area contributed by atoms with Gasteiger partial charge in [0, 0.05) is 31.7 Å². The van der Waals surface area contributed by atoms with Crippen LogP contribution >= 0.6 is 0 Å². The van der Waals surface area contributed by atoms with Gasteiger partial charge in [-0.2, -0.15) is 0 Å². The molecule has 26 heavy (non-hydrogen) atoms. The van der Waals surface area contributed by atoms with Crippen molar-refractivity contribution in [2.75, 3.05) is 13.1 Å². The molecule has 0 atom stereocenters. The highest BCUT2D eigenvalue weighted by molar-refractivity contribution is 5.76. The van der Waals surface area contributed by atoms with Crippen molar-refractivity contribution in [2.24, 2.45) is 0 Å². The van der Waals surface area contributed by atoms with Crippen LogP contribution in [0.4, 0.5) is 4.79 Å². The van der Waals surface area contributed by atoms with Crippen LogP contribution in [-0.4, -0.2) is 57.0 Å². The molecule has 1 aromatic rings. The Balaban J connectivity index is 1.55. The highest BCUT2D eigenvalue weighted by Crippen LogP contribution is 2.15. The lowest BCUT2D eigenvalue weighted by Gasteiger charge is -2.33. The van der Waals surface area contributed by atoms with E-state index >= 15 is 0 Å². The van der Waals surface area contributed by atoms with E-state index in [0.29, 0.717) is 19.5 Å². The third-order valence-electron chi connectivity index (χ3n) is 4.32. The first kappa shape index (κ1) is 20.2. The van der Waals surface area contributed by atoms with Crippen LogP contribution in [0.5, 0.6) is 0 Å². The quantitative estimate of drug-likeness (QED) is 0.723. The normalized spacial score (nSPS) is 15.7. The molecule has 1 fully saturated rings. The average Bonchev–Trinajstić information content (AvgIpc) is 3.07. The number of aryl methyl sites for hydroxylation is 1. The molecule has 0 spiro atoms. The first-order chi connectivity index (χ1) is 12.3. The molecule has 146 valence electrons. The smallest absolute Gasteiger partial charge is 0.410 e. The summed E-state index contributed by atoms with van der Waals surface area (Å²) >= 11 is 0. The number of ether oxygens (including phenoxy) is 1. The second-order valence-electron chi connectivity index (χ2n) is 7.83. The Morgan fingerprint density at radius 2 is 2.00 bits per heavy atom. The van der Waals surface area contributed by atoms with Crippen LogP contribution in [0.25, 0.3) is 0 Å². The van der Waals surface area contributed by atoms with Gasteiger partial charge in [0.05, 0.1) is 5.69 Å². The summed E-state index contributed by atoms with van der Waals surface area (Å²) < 4.78 is 5.39. The number of carbonyl (C=O) groups excluding carboxylic acids is 2. The highest BCUT2D eigenvalue weighted by atomic mass is 16.6. The number of nitrogens with zero attached hydrogens (tertiary/aromatic N) is 3. The third kappa shape index (κ3) is 7.41. The Labute approximate surface area is 155 Å². The molecule has 0 aliphatic carbocycles. The molecule has 1 saturated heterocycles. The van der Waals surface area contributed by atoms with E-state index < -0.39 is 5.60 Å². The number of amides is 2. The standard InChI is InChI=1S/C18H31N5O3/c1-18(2,3)26-17(25)23-11-9-14(10-12-23)20-16(24)8-6-4-5-7-15-13-19-22-21-15/h13-14H,4-12H2,1-3H3,(H,20,24)(H,19,21,22). The van der Waals surface area contributed by atoms with Crippen LogP contribution in [-0.2, 0) is 16.0 Å². The number of hydrogen-bond acceptors (Lipinski definition) is 5. The van der Waals surface area contributed by atoms with Gasteiger partial charge in [0.2, 0.25) is 5.91 Å². The maximum Gasteiger partial charge on any atom is 0.410 e. The number of hydrogen-bond donors (Lipinski definition) is 2. The van der Waals surface area contributed by atoms with E-state index in [9.17, 15) is 9.59 Å². The summed E-state index contributed by atoms with van der Waals surface area (Å²) in [5.74, 6) is 0.0992. The van der Waals surface area contributed by atoms with Gasteiger partial charge in [-0.15, -0.1) is 5.10 Å². The molecule has 0 aromatic carbocycles.